The number of rotatable bonds is 4. The Hall–Kier alpha value is -2.04. The molecule has 0 aliphatic heterocycles. The lowest BCUT2D eigenvalue weighted by Gasteiger charge is -2.08. The van der Waals surface area contributed by atoms with Crippen molar-refractivity contribution in [2.45, 2.75) is 26.7 Å². The number of nitrogens with zero attached hydrogens (tertiary/aromatic N) is 2. The molecule has 3 nitrogen and oxygen atoms in total. The highest BCUT2D eigenvalue weighted by molar-refractivity contribution is 5.57. The van der Waals surface area contributed by atoms with Gasteiger partial charge in [-0.3, -0.25) is 0 Å². The van der Waals surface area contributed by atoms with Gasteiger partial charge in [-0.2, -0.15) is 0 Å². The van der Waals surface area contributed by atoms with Gasteiger partial charge in [0.1, 0.15) is 5.82 Å². The number of aromatic nitrogens is 2. The Balaban J connectivity index is 2.34. The van der Waals surface area contributed by atoms with E-state index >= 15 is 0 Å². The third-order valence-electron chi connectivity index (χ3n) is 2.84. The van der Waals surface area contributed by atoms with E-state index in [1.165, 1.54) is 12.1 Å². The fourth-order valence-electron chi connectivity index (χ4n) is 1.95. The van der Waals surface area contributed by atoms with Gasteiger partial charge in [0.05, 0.1) is 0 Å². The Morgan fingerprint density at radius 3 is 2.30 bits per heavy atom. The first kappa shape index (κ1) is 14.4. The molecule has 5 heteroatoms. The van der Waals surface area contributed by atoms with E-state index in [0.717, 1.165) is 12.1 Å². The molecule has 106 valence electrons. The molecule has 0 saturated heterocycles. The second kappa shape index (κ2) is 5.94. The second-order valence-electron chi connectivity index (χ2n) is 5.13. The zero-order valence-corrected chi connectivity index (χ0v) is 11.5. The zero-order valence-electron chi connectivity index (χ0n) is 11.5. The van der Waals surface area contributed by atoms with Gasteiger partial charge in [0.2, 0.25) is 0 Å². The number of halogens is 2. The van der Waals surface area contributed by atoms with E-state index in [2.05, 4.69) is 23.8 Å². The van der Waals surface area contributed by atoms with Gasteiger partial charge in [0, 0.05) is 22.9 Å². The topological polar surface area (TPSA) is 51.8 Å². The number of nitrogen functional groups attached to an aromatic ring is 1. The smallest absolute Gasteiger partial charge is 0.263 e. The Morgan fingerprint density at radius 2 is 1.75 bits per heavy atom. The molecular weight excluding hydrogens is 260 g/mol. The fourth-order valence-corrected chi connectivity index (χ4v) is 1.95. The quantitative estimate of drug-likeness (QED) is 0.923. The number of anilines is 1. The third kappa shape index (κ3) is 3.50. The molecule has 20 heavy (non-hydrogen) atoms. The van der Waals surface area contributed by atoms with Gasteiger partial charge in [-0.1, -0.05) is 38.1 Å². The first-order valence-electron chi connectivity index (χ1n) is 6.47. The van der Waals surface area contributed by atoms with Gasteiger partial charge in [-0.15, -0.1) is 0 Å². The van der Waals surface area contributed by atoms with Crippen LogP contribution in [-0.4, -0.2) is 9.97 Å². The van der Waals surface area contributed by atoms with E-state index < -0.39 is 6.43 Å². The number of nitrogens with two attached hydrogens (primary N) is 1. The van der Waals surface area contributed by atoms with Gasteiger partial charge in [-0.05, 0) is 12.3 Å². The van der Waals surface area contributed by atoms with Gasteiger partial charge in [0.25, 0.3) is 6.43 Å². The molecule has 0 aliphatic rings. The summed E-state index contributed by atoms with van der Waals surface area (Å²) in [6.45, 7) is 4.19. The second-order valence-corrected chi connectivity index (χ2v) is 5.13. The van der Waals surface area contributed by atoms with E-state index in [1.54, 1.807) is 18.2 Å². The molecule has 0 fully saturated rings. The maximum atomic E-state index is 12.5. The molecule has 0 amide bonds. The summed E-state index contributed by atoms with van der Waals surface area (Å²) in [5.41, 5.74) is 7.31. The van der Waals surface area contributed by atoms with Crippen LogP contribution < -0.4 is 5.73 Å². The molecule has 0 spiro atoms. The highest BCUT2D eigenvalue weighted by Crippen LogP contribution is 2.23. The van der Waals surface area contributed by atoms with Crippen molar-refractivity contribution in [3.05, 3.63) is 41.6 Å². The minimum atomic E-state index is -2.47. The summed E-state index contributed by atoms with van der Waals surface area (Å²) in [7, 11) is 0. The summed E-state index contributed by atoms with van der Waals surface area (Å²) in [5, 5.41) is 0. The summed E-state index contributed by atoms with van der Waals surface area (Å²) in [6.07, 6.45) is -1.67. The van der Waals surface area contributed by atoms with Crippen molar-refractivity contribution in [3.63, 3.8) is 0 Å². The maximum Gasteiger partial charge on any atom is 0.263 e. The van der Waals surface area contributed by atoms with E-state index in [1.807, 2.05) is 0 Å². The van der Waals surface area contributed by atoms with Gasteiger partial charge in [-0.25, -0.2) is 18.7 Å². The highest BCUT2D eigenvalue weighted by Gasteiger charge is 2.10. The van der Waals surface area contributed by atoms with Crippen molar-refractivity contribution in [1.29, 1.82) is 0 Å². The Labute approximate surface area is 116 Å². The fraction of sp³-hybridized carbons (Fsp3) is 0.333. The molecule has 0 radical (unpaired) electrons. The molecule has 0 bridgehead atoms. The summed E-state index contributed by atoms with van der Waals surface area (Å²) in [6, 6.07) is 7.70. The largest absolute Gasteiger partial charge is 0.384 e. The number of benzene rings is 1. The lowest BCUT2D eigenvalue weighted by Crippen LogP contribution is -2.03. The van der Waals surface area contributed by atoms with Gasteiger partial charge < -0.3 is 5.73 Å². The first-order valence-corrected chi connectivity index (χ1v) is 6.47. The van der Waals surface area contributed by atoms with Crippen molar-refractivity contribution in [1.82, 2.24) is 9.97 Å². The van der Waals surface area contributed by atoms with Crippen molar-refractivity contribution in [2.24, 2.45) is 5.92 Å². The van der Waals surface area contributed by atoms with Crippen LogP contribution in [0.1, 0.15) is 31.5 Å². The van der Waals surface area contributed by atoms with Crippen LogP contribution in [0.2, 0.25) is 0 Å². The molecule has 2 rings (SSSR count). The maximum absolute atomic E-state index is 12.5. The van der Waals surface area contributed by atoms with Crippen LogP contribution in [0.15, 0.2) is 30.3 Å². The molecule has 1 aromatic carbocycles. The summed E-state index contributed by atoms with van der Waals surface area (Å²) in [5.74, 6) is 1.32. The predicted molar refractivity (Wildman–Crippen MR) is 75.4 cm³/mol. The van der Waals surface area contributed by atoms with Crippen LogP contribution in [0.4, 0.5) is 14.6 Å². The monoisotopic (exact) mass is 277 g/mol. The highest BCUT2D eigenvalue weighted by atomic mass is 19.3. The molecule has 2 N–H and O–H groups in total. The average Bonchev–Trinajstić information content (AvgIpc) is 2.37. The molecule has 0 unspecified atom stereocenters. The van der Waals surface area contributed by atoms with Crippen molar-refractivity contribution >= 4 is 5.82 Å². The summed E-state index contributed by atoms with van der Waals surface area (Å²) >= 11 is 0. The van der Waals surface area contributed by atoms with Crippen molar-refractivity contribution in [2.75, 3.05) is 5.73 Å². The minimum absolute atomic E-state index is 0.0138. The van der Waals surface area contributed by atoms with E-state index in [0.29, 0.717) is 23.1 Å². The van der Waals surface area contributed by atoms with E-state index in [9.17, 15) is 8.78 Å². The van der Waals surface area contributed by atoms with Crippen LogP contribution in [0.25, 0.3) is 11.4 Å². The lowest BCUT2D eigenvalue weighted by molar-refractivity contribution is 0.151. The summed E-state index contributed by atoms with van der Waals surface area (Å²) in [4.78, 5) is 8.60. The van der Waals surface area contributed by atoms with Gasteiger partial charge in [0.15, 0.2) is 5.82 Å². The van der Waals surface area contributed by atoms with Gasteiger partial charge >= 0.3 is 0 Å². The first-order chi connectivity index (χ1) is 9.45. The molecule has 2 aromatic rings. The van der Waals surface area contributed by atoms with E-state index in [4.69, 9.17) is 5.73 Å². The molecular formula is C15H17F2N3. The third-order valence-corrected chi connectivity index (χ3v) is 2.84. The Morgan fingerprint density at radius 1 is 1.10 bits per heavy atom. The molecule has 0 saturated carbocycles. The standard InChI is InChI=1S/C15H17F2N3/c1-9(2)7-12-8-13(18)20-15(19-12)11-5-3-10(4-6-11)14(16)17/h3-6,8-9,14H,7H2,1-2H3,(H2,18,19,20). The van der Waals surface area contributed by atoms with E-state index in [-0.39, 0.29) is 5.56 Å². The zero-order chi connectivity index (χ0) is 14.7. The summed E-state index contributed by atoms with van der Waals surface area (Å²) < 4.78 is 25.0. The minimum Gasteiger partial charge on any atom is -0.384 e. The number of hydrogen-bond donors (Lipinski definition) is 1. The van der Waals surface area contributed by atoms with Crippen LogP contribution in [0, 0.1) is 5.92 Å². The molecule has 0 atom stereocenters. The van der Waals surface area contributed by atoms with Crippen LogP contribution in [0.5, 0.6) is 0 Å². The molecule has 0 aliphatic carbocycles. The predicted octanol–water partition coefficient (Wildman–Crippen LogP) is 3.86. The van der Waals surface area contributed by atoms with Crippen LogP contribution in [-0.2, 0) is 6.42 Å². The van der Waals surface area contributed by atoms with Crippen molar-refractivity contribution in [3.8, 4) is 11.4 Å². The SMILES string of the molecule is CC(C)Cc1cc(N)nc(-c2ccc(C(F)F)cc2)n1. The van der Waals surface area contributed by atoms with Crippen molar-refractivity contribution < 1.29 is 8.78 Å². The number of hydrogen-bond acceptors (Lipinski definition) is 3. The lowest BCUT2D eigenvalue weighted by atomic mass is 10.1. The van der Waals surface area contributed by atoms with Crippen LogP contribution in [0.3, 0.4) is 0 Å². The van der Waals surface area contributed by atoms with Crippen LogP contribution >= 0.6 is 0 Å². The number of alkyl halides is 2. The normalized spacial score (nSPS) is 11.3. The Bertz CT molecular complexity index is 580. The molecule has 1 aromatic heterocycles. The Kier molecular flexibility index (Phi) is 4.27. The average molecular weight is 277 g/mol. The molecule has 1 heterocycles.